The molecule has 0 saturated carbocycles. The number of hydrogen-bond acceptors (Lipinski definition) is 6. The molecule has 2 unspecified atom stereocenters. The van der Waals surface area contributed by atoms with Gasteiger partial charge in [-0.05, 0) is 58.4 Å². The number of nitrogens with zero attached hydrogens (tertiary/aromatic N) is 2. The number of benzene rings is 1. The normalized spacial score (nSPS) is 15.1. The van der Waals surface area contributed by atoms with Crippen LogP contribution < -0.4 is 21.6 Å². The zero-order valence-corrected chi connectivity index (χ0v) is 18.3. The molecule has 0 heterocycles. The summed E-state index contributed by atoms with van der Waals surface area (Å²) in [5.74, 6) is 0. The monoisotopic (exact) mass is 386 g/mol. The first-order valence-electron chi connectivity index (χ1n) is 10.2. The molecule has 0 fully saturated rings. The van der Waals surface area contributed by atoms with Crippen LogP contribution in [0.25, 0.3) is 0 Å². The lowest BCUT2D eigenvalue weighted by molar-refractivity contribution is 0.165. The van der Waals surface area contributed by atoms with E-state index in [0.29, 0.717) is 18.5 Å². The molecule has 0 aromatic heterocycles. The smallest absolute Gasteiger partial charge is 0.0669 e. The predicted octanol–water partition coefficient (Wildman–Crippen LogP) is 3.22. The van der Waals surface area contributed by atoms with Gasteiger partial charge in [-0.2, -0.15) is 10.8 Å². The summed E-state index contributed by atoms with van der Waals surface area (Å²) in [5, 5.41) is 17.9. The number of anilines is 1. The summed E-state index contributed by atoms with van der Waals surface area (Å²) in [7, 11) is 2.05. The van der Waals surface area contributed by atoms with Crippen molar-refractivity contribution in [3.63, 3.8) is 0 Å². The van der Waals surface area contributed by atoms with E-state index in [4.69, 9.17) is 5.26 Å². The number of hydrogen-bond donors (Lipinski definition) is 4. The quantitative estimate of drug-likeness (QED) is 0.308. The number of allylic oxidation sites excluding steroid dienone is 1. The highest BCUT2D eigenvalue weighted by Crippen LogP contribution is 2.16. The second-order valence-electron chi connectivity index (χ2n) is 7.36. The maximum absolute atomic E-state index is 8.80. The van der Waals surface area contributed by atoms with Crippen molar-refractivity contribution in [1.82, 2.24) is 21.3 Å². The molecule has 4 N–H and O–H groups in total. The number of likely N-dealkylation sites (N-methyl/N-ethyl adjacent to an activating group) is 1. The molecule has 0 spiro atoms. The third-order valence-corrected chi connectivity index (χ3v) is 5.10. The molecule has 6 heteroatoms. The first-order chi connectivity index (χ1) is 13.4. The van der Waals surface area contributed by atoms with Gasteiger partial charge in [0.05, 0.1) is 12.5 Å². The third kappa shape index (κ3) is 8.85. The van der Waals surface area contributed by atoms with Crippen molar-refractivity contribution in [3.8, 4) is 6.07 Å². The van der Waals surface area contributed by atoms with Gasteiger partial charge in [0, 0.05) is 37.4 Å². The van der Waals surface area contributed by atoms with Gasteiger partial charge < -0.3 is 10.6 Å². The lowest BCUT2D eigenvalue weighted by Crippen LogP contribution is -2.55. The summed E-state index contributed by atoms with van der Waals surface area (Å²) >= 11 is 0. The molecule has 1 aromatic carbocycles. The summed E-state index contributed by atoms with van der Waals surface area (Å²) < 4.78 is 0. The topological polar surface area (TPSA) is 75.2 Å². The lowest BCUT2D eigenvalue weighted by atomic mass is 10.0. The maximum Gasteiger partial charge on any atom is 0.0669 e. The molecule has 1 rings (SSSR count). The van der Waals surface area contributed by atoms with E-state index in [0.717, 1.165) is 30.8 Å². The van der Waals surface area contributed by atoms with Gasteiger partial charge >= 0.3 is 0 Å². The molecule has 0 saturated heterocycles. The Morgan fingerprint density at radius 2 is 1.89 bits per heavy atom. The summed E-state index contributed by atoms with van der Waals surface area (Å²) in [6.07, 6.45) is 3.58. The Bertz CT molecular complexity index is 619. The van der Waals surface area contributed by atoms with Crippen LogP contribution in [0.2, 0.25) is 0 Å². The van der Waals surface area contributed by atoms with Gasteiger partial charge in [-0.3, -0.25) is 0 Å². The minimum atomic E-state index is 0.258. The van der Waals surface area contributed by atoms with E-state index in [9.17, 15) is 0 Å². The van der Waals surface area contributed by atoms with Crippen molar-refractivity contribution in [1.29, 1.82) is 5.26 Å². The SMILES string of the molecule is C/C=C(\C)C(CCN(C)NN[C@@H](C)C(C)NCC)Nc1ccc(CC#N)cc1. The van der Waals surface area contributed by atoms with E-state index >= 15 is 0 Å². The Morgan fingerprint density at radius 3 is 2.46 bits per heavy atom. The highest BCUT2D eigenvalue weighted by atomic mass is 15.7. The fourth-order valence-electron chi connectivity index (χ4n) is 2.84. The first-order valence-corrected chi connectivity index (χ1v) is 10.2. The van der Waals surface area contributed by atoms with E-state index in [1.54, 1.807) is 0 Å². The largest absolute Gasteiger partial charge is 0.379 e. The van der Waals surface area contributed by atoms with Crippen molar-refractivity contribution >= 4 is 5.69 Å². The van der Waals surface area contributed by atoms with Crippen molar-refractivity contribution in [2.45, 2.75) is 65.6 Å². The van der Waals surface area contributed by atoms with Crippen LogP contribution in [0.15, 0.2) is 35.9 Å². The van der Waals surface area contributed by atoms with Crippen molar-refractivity contribution in [2.24, 2.45) is 0 Å². The second kappa shape index (κ2) is 13.3. The summed E-state index contributed by atoms with van der Waals surface area (Å²) in [4.78, 5) is 0. The van der Waals surface area contributed by atoms with Gasteiger partial charge in [0.25, 0.3) is 0 Å². The van der Waals surface area contributed by atoms with Crippen LogP contribution >= 0.6 is 0 Å². The highest BCUT2D eigenvalue weighted by Gasteiger charge is 2.13. The van der Waals surface area contributed by atoms with Gasteiger partial charge in [0.2, 0.25) is 0 Å². The van der Waals surface area contributed by atoms with Gasteiger partial charge in [-0.25, -0.2) is 10.4 Å². The van der Waals surface area contributed by atoms with Gasteiger partial charge in [0.15, 0.2) is 0 Å². The molecule has 0 aliphatic heterocycles. The first kappa shape index (κ1) is 24.1. The van der Waals surface area contributed by atoms with Gasteiger partial charge in [0.1, 0.15) is 0 Å². The van der Waals surface area contributed by atoms with Crippen LogP contribution in [0.4, 0.5) is 5.69 Å². The molecule has 0 aliphatic rings. The van der Waals surface area contributed by atoms with E-state index in [1.807, 2.05) is 12.1 Å². The summed E-state index contributed by atoms with van der Waals surface area (Å²) in [6.45, 7) is 12.6. The van der Waals surface area contributed by atoms with E-state index in [-0.39, 0.29) is 6.04 Å². The fraction of sp³-hybridized carbons (Fsp3) is 0.591. The number of rotatable bonds is 13. The van der Waals surface area contributed by atoms with Crippen LogP contribution in [0.3, 0.4) is 0 Å². The molecule has 0 radical (unpaired) electrons. The van der Waals surface area contributed by atoms with Gasteiger partial charge in [-0.15, -0.1) is 0 Å². The molecule has 6 nitrogen and oxygen atoms in total. The lowest BCUT2D eigenvalue weighted by Gasteiger charge is -2.28. The Morgan fingerprint density at radius 1 is 1.21 bits per heavy atom. The van der Waals surface area contributed by atoms with E-state index in [1.165, 1.54) is 5.57 Å². The number of nitriles is 1. The van der Waals surface area contributed by atoms with Crippen LogP contribution in [0.1, 0.15) is 46.6 Å². The maximum atomic E-state index is 8.80. The van der Waals surface area contributed by atoms with Crippen molar-refractivity contribution < 1.29 is 0 Å². The second-order valence-corrected chi connectivity index (χ2v) is 7.36. The molecule has 156 valence electrons. The molecule has 0 amide bonds. The molecule has 1 aromatic rings. The molecule has 3 atom stereocenters. The third-order valence-electron chi connectivity index (χ3n) is 5.10. The molecule has 28 heavy (non-hydrogen) atoms. The molecule has 0 aliphatic carbocycles. The average Bonchev–Trinajstić information content (AvgIpc) is 2.70. The Kier molecular flexibility index (Phi) is 11.5. The van der Waals surface area contributed by atoms with Crippen LogP contribution in [0, 0.1) is 11.3 Å². The Hall–Kier alpha value is -1.91. The molecular weight excluding hydrogens is 348 g/mol. The van der Waals surface area contributed by atoms with E-state index in [2.05, 4.69) is 92.5 Å². The molecule has 0 bridgehead atoms. The van der Waals surface area contributed by atoms with Crippen LogP contribution in [-0.2, 0) is 6.42 Å². The standard InChI is InChI=1S/C22H38N6/c1-7-17(3)22(25-21-11-9-20(10-12-21)13-15-23)14-16-28(6)27-26-19(5)18(4)24-8-2/h7,9-12,18-19,22,24-27H,8,13-14,16H2,1-6H3/b17-7+/t18?,19-,22?/m0/s1. The predicted molar refractivity (Wildman–Crippen MR) is 119 cm³/mol. The van der Waals surface area contributed by atoms with E-state index < -0.39 is 0 Å². The van der Waals surface area contributed by atoms with Crippen LogP contribution in [-0.4, -0.2) is 43.3 Å². The summed E-state index contributed by atoms with van der Waals surface area (Å²) in [5.41, 5.74) is 10.1. The Labute approximate surface area is 171 Å². The highest BCUT2D eigenvalue weighted by molar-refractivity contribution is 5.47. The minimum Gasteiger partial charge on any atom is -0.379 e. The van der Waals surface area contributed by atoms with Crippen LogP contribution in [0.5, 0.6) is 0 Å². The fourth-order valence-corrected chi connectivity index (χ4v) is 2.84. The van der Waals surface area contributed by atoms with Gasteiger partial charge in [-0.1, -0.05) is 30.7 Å². The minimum absolute atomic E-state index is 0.258. The number of nitrogens with one attached hydrogen (secondary N) is 4. The van der Waals surface area contributed by atoms with Crippen molar-refractivity contribution in [2.75, 3.05) is 25.5 Å². The molecular formula is C22H38N6. The zero-order valence-electron chi connectivity index (χ0n) is 18.3. The number of hydrazine groups is 2. The zero-order chi connectivity index (χ0) is 20.9. The average molecular weight is 387 g/mol. The van der Waals surface area contributed by atoms with Crippen molar-refractivity contribution in [3.05, 3.63) is 41.5 Å². The summed E-state index contributed by atoms with van der Waals surface area (Å²) in [6, 6.07) is 11.3. The Balaban J connectivity index is 2.54.